The lowest BCUT2D eigenvalue weighted by Crippen LogP contribution is -2.07. The molecule has 0 saturated carbocycles. The first-order valence-electron chi connectivity index (χ1n) is 6.06. The fourth-order valence-corrected chi connectivity index (χ4v) is 1.97. The van der Waals surface area contributed by atoms with E-state index in [0.717, 1.165) is 0 Å². The summed E-state index contributed by atoms with van der Waals surface area (Å²) >= 11 is 5.86. The van der Waals surface area contributed by atoms with E-state index < -0.39 is 11.8 Å². The van der Waals surface area contributed by atoms with Gasteiger partial charge in [-0.05, 0) is 30.3 Å². The first-order chi connectivity index (χ1) is 10.0. The van der Waals surface area contributed by atoms with Gasteiger partial charge in [0.1, 0.15) is 18.2 Å². The topological polar surface area (TPSA) is 61.5 Å². The van der Waals surface area contributed by atoms with Crippen LogP contribution in [-0.4, -0.2) is 13.1 Å². The number of halogens is 2. The number of esters is 1. The average Bonchev–Trinajstić information content (AvgIpc) is 2.46. The maximum atomic E-state index is 13.6. The smallest absolute Gasteiger partial charge is 0.338 e. The van der Waals surface area contributed by atoms with Crippen LogP contribution in [0, 0.1) is 5.82 Å². The van der Waals surface area contributed by atoms with Crippen LogP contribution in [0.15, 0.2) is 36.4 Å². The monoisotopic (exact) mass is 309 g/mol. The molecule has 2 rings (SSSR count). The molecular formula is C15H13ClFNO3. The summed E-state index contributed by atoms with van der Waals surface area (Å²) in [6.07, 6.45) is 0. The highest BCUT2D eigenvalue weighted by Crippen LogP contribution is 2.23. The normalized spacial score (nSPS) is 10.2. The molecule has 21 heavy (non-hydrogen) atoms. The molecule has 0 aliphatic rings. The number of nitrogen functional groups attached to an aromatic ring is 1. The van der Waals surface area contributed by atoms with Gasteiger partial charge in [-0.25, -0.2) is 9.18 Å². The Balaban J connectivity index is 2.10. The average molecular weight is 310 g/mol. The fourth-order valence-electron chi connectivity index (χ4n) is 1.75. The van der Waals surface area contributed by atoms with Gasteiger partial charge in [0.2, 0.25) is 0 Å². The molecule has 2 aromatic carbocycles. The Bertz CT molecular complexity index is 656. The second kappa shape index (κ2) is 6.45. The molecule has 0 radical (unpaired) electrons. The van der Waals surface area contributed by atoms with Crippen LogP contribution in [0.2, 0.25) is 5.02 Å². The number of nitrogens with two attached hydrogens (primary N) is 1. The minimum Gasteiger partial charge on any atom is -0.495 e. The van der Waals surface area contributed by atoms with Crippen LogP contribution in [0.5, 0.6) is 5.75 Å². The van der Waals surface area contributed by atoms with E-state index in [0.29, 0.717) is 11.4 Å². The van der Waals surface area contributed by atoms with Crippen molar-refractivity contribution in [3.63, 3.8) is 0 Å². The number of ether oxygens (including phenoxy) is 2. The predicted molar refractivity (Wildman–Crippen MR) is 77.9 cm³/mol. The molecule has 110 valence electrons. The van der Waals surface area contributed by atoms with Gasteiger partial charge in [0.05, 0.1) is 23.4 Å². The Labute approximate surface area is 126 Å². The molecule has 0 unspecified atom stereocenters. The van der Waals surface area contributed by atoms with Gasteiger partial charge in [-0.1, -0.05) is 17.7 Å². The first kappa shape index (κ1) is 15.1. The Morgan fingerprint density at radius 3 is 2.71 bits per heavy atom. The van der Waals surface area contributed by atoms with E-state index in [1.807, 2.05) is 0 Å². The zero-order valence-corrected chi connectivity index (χ0v) is 12.0. The second-order valence-corrected chi connectivity index (χ2v) is 4.64. The Morgan fingerprint density at radius 1 is 1.33 bits per heavy atom. The molecule has 0 aliphatic carbocycles. The van der Waals surface area contributed by atoms with E-state index in [1.165, 1.54) is 37.4 Å². The van der Waals surface area contributed by atoms with Gasteiger partial charge in [-0.15, -0.1) is 0 Å². The highest BCUT2D eigenvalue weighted by molar-refractivity contribution is 6.31. The minimum atomic E-state index is -0.622. The summed E-state index contributed by atoms with van der Waals surface area (Å²) in [7, 11) is 1.48. The second-order valence-electron chi connectivity index (χ2n) is 4.23. The summed E-state index contributed by atoms with van der Waals surface area (Å²) in [4.78, 5) is 11.9. The predicted octanol–water partition coefficient (Wildman–Crippen LogP) is 3.43. The third-order valence-corrected chi connectivity index (χ3v) is 3.23. The van der Waals surface area contributed by atoms with Crippen LogP contribution < -0.4 is 10.5 Å². The highest BCUT2D eigenvalue weighted by Gasteiger charge is 2.13. The molecule has 6 heteroatoms. The van der Waals surface area contributed by atoms with Gasteiger partial charge in [-0.3, -0.25) is 0 Å². The molecule has 0 bridgehead atoms. The SMILES string of the molecule is COc1ccc(C(=O)OCc2c(F)cccc2Cl)cc1N. The number of carbonyl (C=O) groups excluding carboxylic acids is 1. The lowest BCUT2D eigenvalue weighted by molar-refractivity contribution is 0.0469. The summed E-state index contributed by atoms with van der Waals surface area (Å²) in [6, 6.07) is 8.76. The van der Waals surface area contributed by atoms with Gasteiger partial charge in [0.15, 0.2) is 0 Å². The van der Waals surface area contributed by atoms with Crippen molar-refractivity contribution in [3.8, 4) is 5.75 Å². The largest absolute Gasteiger partial charge is 0.495 e. The summed E-state index contributed by atoms with van der Waals surface area (Å²) < 4.78 is 23.6. The third-order valence-electron chi connectivity index (χ3n) is 2.87. The van der Waals surface area contributed by atoms with Crippen molar-refractivity contribution in [1.29, 1.82) is 0 Å². The van der Waals surface area contributed by atoms with Crippen LogP contribution in [0.1, 0.15) is 15.9 Å². The molecule has 0 amide bonds. The molecule has 4 nitrogen and oxygen atoms in total. The molecular weight excluding hydrogens is 297 g/mol. The molecule has 0 heterocycles. The highest BCUT2D eigenvalue weighted by atomic mass is 35.5. The first-order valence-corrected chi connectivity index (χ1v) is 6.44. The molecule has 0 aromatic heterocycles. The van der Waals surface area contributed by atoms with E-state index in [2.05, 4.69) is 0 Å². The molecule has 0 atom stereocenters. The van der Waals surface area contributed by atoms with Gasteiger partial charge in [0.25, 0.3) is 0 Å². The Hall–Kier alpha value is -2.27. The maximum Gasteiger partial charge on any atom is 0.338 e. The van der Waals surface area contributed by atoms with Gasteiger partial charge in [-0.2, -0.15) is 0 Å². The summed E-state index contributed by atoms with van der Waals surface area (Å²) in [6.45, 7) is -0.254. The van der Waals surface area contributed by atoms with Crippen LogP contribution in [0.3, 0.4) is 0 Å². The van der Waals surface area contributed by atoms with Gasteiger partial charge < -0.3 is 15.2 Å². The summed E-state index contributed by atoms with van der Waals surface area (Å²) in [5.41, 5.74) is 6.41. The Kier molecular flexibility index (Phi) is 4.65. The zero-order valence-electron chi connectivity index (χ0n) is 11.2. The number of carbonyl (C=O) groups is 1. The summed E-state index contributed by atoms with van der Waals surface area (Å²) in [5, 5.41) is 0.206. The van der Waals surface area contributed by atoms with E-state index >= 15 is 0 Å². The number of anilines is 1. The van der Waals surface area contributed by atoms with Crippen molar-refractivity contribution < 1.29 is 18.7 Å². The zero-order chi connectivity index (χ0) is 15.4. The van der Waals surface area contributed by atoms with Crippen molar-refractivity contribution in [3.05, 3.63) is 58.4 Å². The number of benzene rings is 2. The van der Waals surface area contributed by atoms with E-state index in [4.69, 9.17) is 26.8 Å². The molecule has 0 spiro atoms. The van der Waals surface area contributed by atoms with Gasteiger partial charge >= 0.3 is 5.97 Å². The lowest BCUT2D eigenvalue weighted by atomic mass is 10.2. The maximum absolute atomic E-state index is 13.6. The number of hydrogen-bond donors (Lipinski definition) is 1. The molecule has 0 fully saturated rings. The molecule has 2 N–H and O–H groups in total. The third kappa shape index (κ3) is 3.44. The fraction of sp³-hybridized carbons (Fsp3) is 0.133. The molecule has 0 saturated heterocycles. The van der Waals surface area contributed by atoms with Crippen molar-refractivity contribution in [2.24, 2.45) is 0 Å². The number of methoxy groups -OCH3 is 1. The van der Waals surface area contributed by atoms with Crippen LogP contribution in [0.25, 0.3) is 0 Å². The molecule has 2 aromatic rings. The standard InChI is InChI=1S/C15H13ClFNO3/c1-20-14-6-5-9(7-13(14)18)15(19)21-8-10-11(16)3-2-4-12(10)17/h2-7H,8,18H2,1H3. The van der Waals surface area contributed by atoms with Crippen LogP contribution >= 0.6 is 11.6 Å². The number of rotatable bonds is 4. The number of hydrogen-bond acceptors (Lipinski definition) is 4. The summed E-state index contributed by atoms with van der Waals surface area (Å²) in [5.74, 6) is -0.683. The quantitative estimate of drug-likeness (QED) is 0.694. The van der Waals surface area contributed by atoms with E-state index in [-0.39, 0.29) is 22.8 Å². The van der Waals surface area contributed by atoms with Gasteiger partial charge in [0, 0.05) is 5.56 Å². The van der Waals surface area contributed by atoms with Crippen molar-refractivity contribution in [2.75, 3.05) is 12.8 Å². The lowest BCUT2D eigenvalue weighted by Gasteiger charge is -2.09. The van der Waals surface area contributed by atoms with E-state index in [9.17, 15) is 9.18 Å². The van der Waals surface area contributed by atoms with Crippen LogP contribution in [-0.2, 0) is 11.3 Å². The van der Waals surface area contributed by atoms with Crippen molar-refractivity contribution >= 4 is 23.3 Å². The van der Waals surface area contributed by atoms with Crippen LogP contribution in [0.4, 0.5) is 10.1 Å². The van der Waals surface area contributed by atoms with E-state index in [1.54, 1.807) is 6.07 Å². The molecule has 0 aliphatic heterocycles. The minimum absolute atomic E-state index is 0.133. The Morgan fingerprint density at radius 2 is 2.10 bits per heavy atom. The van der Waals surface area contributed by atoms with Crippen molar-refractivity contribution in [2.45, 2.75) is 6.61 Å². The van der Waals surface area contributed by atoms with Crippen molar-refractivity contribution in [1.82, 2.24) is 0 Å².